The molecule has 0 aliphatic heterocycles. The number of sulfonamides is 1. The van der Waals surface area contributed by atoms with Crippen LogP contribution in [-0.2, 0) is 16.6 Å². The molecule has 0 aromatic carbocycles. The van der Waals surface area contributed by atoms with E-state index in [1.165, 1.54) is 12.3 Å². The number of aromatic nitrogens is 1. The van der Waals surface area contributed by atoms with Crippen molar-refractivity contribution in [3.05, 3.63) is 18.0 Å². The van der Waals surface area contributed by atoms with Crippen molar-refractivity contribution in [1.82, 2.24) is 9.47 Å². The summed E-state index contributed by atoms with van der Waals surface area (Å²) in [6, 6.07) is 1.36. The van der Waals surface area contributed by atoms with E-state index in [4.69, 9.17) is 5.14 Å². The van der Waals surface area contributed by atoms with Crippen molar-refractivity contribution in [3.63, 3.8) is 0 Å². The molecule has 7 heteroatoms. The van der Waals surface area contributed by atoms with Crippen molar-refractivity contribution in [2.24, 2.45) is 11.1 Å². The van der Waals surface area contributed by atoms with Crippen LogP contribution in [0.3, 0.4) is 0 Å². The highest BCUT2D eigenvalue weighted by molar-refractivity contribution is 7.89. The Morgan fingerprint density at radius 1 is 1.43 bits per heavy atom. The lowest BCUT2D eigenvalue weighted by Gasteiger charge is -2.19. The number of carbonyl (C=O) groups excluding carboxylic acids is 1. The van der Waals surface area contributed by atoms with Crippen molar-refractivity contribution >= 4 is 15.9 Å². The molecule has 1 amide bonds. The Bertz CT molecular complexity index is 591. The third kappa shape index (κ3) is 4.86. The van der Waals surface area contributed by atoms with Crippen molar-refractivity contribution in [2.45, 2.75) is 45.1 Å². The van der Waals surface area contributed by atoms with E-state index in [2.05, 4.69) is 13.8 Å². The fourth-order valence-corrected chi connectivity index (χ4v) is 2.54. The van der Waals surface area contributed by atoms with Gasteiger partial charge in [0.25, 0.3) is 5.91 Å². The molecular weight excluding hydrogens is 290 g/mol. The summed E-state index contributed by atoms with van der Waals surface area (Å²) >= 11 is 0. The largest absolute Gasteiger partial charge is 0.342 e. The molecule has 0 aliphatic carbocycles. The van der Waals surface area contributed by atoms with Crippen molar-refractivity contribution in [1.29, 1.82) is 0 Å². The number of hydrogen-bond acceptors (Lipinski definition) is 3. The molecule has 0 atom stereocenters. The van der Waals surface area contributed by atoms with E-state index in [9.17, 15) is 13.2 Å². The number of rotatable bonds is 7. The molecule has 0 spiro atoms. The summed E-state index contributed by atoms with van der Waals surface area (Å²) < 4.78 is 24.6. The maximum atomic E-state index is 12.5. The first kappa shape index (κ1) is 17.7. The number of hydrogen-bond donors (Lipinski definition) is 1. The van der Waals surface area contributed by atoms with Gasteiger partial charge in [-0.2, -0.15) is 0 Å². The molecule has 120 valence electrons. The Hall–Kier alpha value is -1.34. The first-order chi connectivity index (χ1) is 9.66. The topological polar surface area (TPSA) is 85.4 Å². The van der Waals surface area contributed by atoms with Crippen LogP contribution in [0.25, 0.3) is 0 Å². The highest BCUT2D eigenvalue weighted by Gasteiger charge is 2.21. The second-order valence-electron chi connectivity index (χ2n) is 5.71. The van der Waals surface area contributed by atoms with E-state index < -0.39 is 10.0 Å². The normalized spacial score (nSPS) is 11.9. The van der Waals surface area contributed by atoms with E-state index >= 15 is 0 Å². The average molecular weight is 315 g/mol. The number of carbonyl (C=O) groups is 1. The van der Waals surface area contributed by atoms with Gasteiger partial charge in [0.1, 0.15) is 10.6 Å². The maximum absolute atomic E-state index is 12.5. The average Bonchev–Trinajstić information content (AvgIpc) is 2.79. The van der Waals surface area contributed by atoms with Crippen LogP contribution in [0, 0.1) is 5.92 Å². The molecule has 21 heavy (non-hydrogen) atoms. The van der Waals surface area contributed by atoms with Gasteiger partial charge in [-0.3, -0.25) is 4.79 Å². The van der Waals surface area contributed by atoms with Crippen LogP contribution in [0.15, 0.2) is 17.2 Å². The van der Waals surface area contributed by atoms with E-state index in [0.29, 0.717) is 24.7 Å². The van der Waals surface area contributed by atoms with Crippen LogP contribution in [-0.4, -0.2) is 37.4 Å². The third-order valence-corrected chi connectivity index (χ3v) is 4.15. The molecular formula is C14H25N3O3S. The first-order valence-electron chi connectivity index (χ1n) is 7.15. The second-order valence-corrected chi connectivity index (χ2v) is 7.27. The fraction of sp³-hybridized carbons (Fsp3) is 0.643. The number of primary sulfonamides is 1. The molecule has 1 aromatic heterocycles. The Balaban J connectivity index is 3.04. The highest BCUT2D eigenvalue weighted by Crippen LogP contribution is 2.16. The zero-order valence-electron chi connectivity index (χ0n) is 13.2. The van der Waals surface area contributed by atoms with Crippen LogP contribution < -0.4 is 5.14 Å². The Morgan fingerprint density at radius 2 is 2.05 bits per heavy atom. The van der Waals surface area contributed by atoms with Crippen LogP contribution in [0.2, 0.25) is 0 Å². The molecule has 0 saturated carbocycles. The summed E-state index contributed by atoms with van der Waals surface area (Å²) in [6.07, 6.45) is 3.13. The van der Waals surface area contributed by atoms with Crippen molar-refractivity contribution in [3.8, 4) is 0 Å². The summed E-state index contributed by atoms with van der Waals surface area (Å²) in [4.78, 5) is 14.1. The van der Waals surface area contributed by atoms with Gasteiger partial charge in [0.15, 0.2) is 0 Å². The minimum atomic E-state index is -3.80. The van der Waals surface area contributed by atoms with E-state index in [-0.39, 0.29) is 10.8 Å². The molecule has 1 aromatic rings. The zero-order chi connectivity index (χ0) is 16.2. The summed E-state index contributed by atoms with van der Waals surface area (Å²) in [5, 5.41) is 5.14. The summed E-state index contributed by atoms with van der Waals surface area (Å²) in [5.41, 5.74) is 0.368. The summed E-state index contributed by atoms with van der Waals surface area (Å²) in [7, 11) is -2.07. The Labute approximate surface area is 127 Å². The molecule has 1 heterocycles. The van der Waals surface area contributed by atoms with Gasteiger partial charge in [0.2, 0.25) is 10.0 Å². The predicted molar refractivity (Wildman–Crippen MR) is 82.5 cm³/mol. The zero-order valence-corrected chi connectivity index (χ0v) is 14.0. The number of amides is 1. The van der Waals surface area contributed by atoms with E-state index in [1.807, 2.05) is 6.92 Å². The van der Waals surface area contributed by atoms with Crippen LogP contribution in [0.5, 0.6) is 0 Å². The number of aryl methyl sites for hydroxylation is 1. The van der Waals surface area contributed by atoms with E-state index in [1.54, 1.807) is 16.5 Å². The molecule has 2 N–H and O–H groups in total. The van der Waals surface area contributed by atoms with Crippen LogP contribution >= 0.6 is 0 Å². The van der Waals surface area contributed by atoms with Gasteiger partial charge in [0, 0.05) is 26.3 Å². The monoisotopic (exact) mass is 315 g/mol. The van der Waals surface area contributed by atoms with Gasteiger partial charge < -0.3 is 9.47 Å². The van der Waals surface area contributed by atoms with Gasteiger partial charge in [-0.15, -0.1) is 0 Å². The summed E-state index contributed by atoms with van der Waals surface area (Å²) in [6.45, 7) is 7.37. The third-order valence-electron chi connectivity index (χ3n) is 3.27. The summed E-state index contributed by atoms with van der Waals surface area (Å²) in [5.74, 6) is 0.321. The molecule has 0 saturated heterocycles. The predicted octanol–water partition coefficient (Wildman–Crippen LogP) is 1.66. The molecule has 0 fully saturated rings. The molecule has 0 unspecified atom stereocenters. The smallest absolute Gasteiger partial charge is 0.270 e. The minimum Gasteiger partial charge on any atom is -0.342 e. The van der Waals surface area contributed by atoms with Crippen LogP contribution in [0.1, 0.15) is 44.1 Å². The quantitative estimate of drug-likeness (QED) is 0.830. The highest BCUT2D eigenvalue weighted by atomic mass is 32.2. The molecule has 0 bridgehead atoms. The van der Waals surface area contributed by atoms with Crippen molar-refractivity contribution < 1.29 is 13.2 Å². The lowest BCUT2D eigenvalue weighted by Crippen LogP contribution is -2.30. The molecule has 0 aliphatic rings. The van der Waals surface area contributed by atoms with Gasteiger partial charge in [-0.25, -0.2) is 13.6 Å². The standard InChI is InChI=1S/C14H25N3O3S/c1-5-7-17-10-12(21(15,19)20)9-13(17)14(18)16(4)8-6-11(2)3/h9-11H,5-8H2,1-4H3,(H2,15,19,20). The van der Waals surface area contributed by atoms with Gasteiger partial charge in [-0.05, 0) is 24.8 Å². The molecule has 1 rings (SSSR count). The molecule has 6 nitrogen and oxygen atoms in total. The van der Waals surface area contributed by atoms with E-state index in [0.717, 1.165) is 12.8 Å². The Morgan fingerprint density at radius 3 is 2.52 bits per heavy atom. The minimum absolute atomic E-state index is 0.0171. The lowest BCUT2D eigenvalue weighted by atomic mass is 10.1. The SMILES string of the molecule is CCCn1cc(S(N)(=O)=O)cc1C(=O)N(C)CCC(C)C. The lowest BCUT2D eigenvalue weighted by molar-refractivity contribution is 0.0778. The Kier molecular flexibility index (Phi) is 5.98. The number of nitrogens with two attached hydrogens (primary N) is 1. The van der Waals surface area contributed by atoms with Gasteiger partial charge in [-0.1, -0.05) is 20.8 Å². The first-order valence-corrected chi connectivity index (χ1v) is 8.69. The van der Waals surface area contributed by atoms with Gasteiger partial charge in [0.05, 0.1) is 0 Å². The second kappa shape index (κ2) is 7.09. The maximum Gasteiger partial charge on any atom is 0.270 e. The van der Waals surface area contributed by atoms with Gasteiger partial charge >= 0.3 is 0 Å². The molecule has 0 radical (unpaired) electrons. The number of nitrogens with zero attached hydrogens (tertiary/aromatic N) is 2. The van der Waals surface area contributed by atoms with Crippen molar-refractivity contribution in [2.75, 3.05) is 13.6 Å². The van der Waals surface area contributed by atoms with Crippen LogP contribution in [0.4, 0.5) is 0 Å². The fourth-order valence-electron chi connectivity index (χ4n) is 1.99.